The SMILES string of the molecule is C=CCn1ncc(NC(c2cccs2)C(C)C)c(Cl)c1=O. The van der Waals surface area contributed by atoms with Gasteiger partial charge in [0.15, 0.2) is 0 Å². The fourth-order valence-corrected chi connectivity index (χ4v) is 3.17. The van der Waals surface area contributed by atoms with Crippen molar-refractivity contribution >= 4 is 28.6 Å². The van der Waals surface area contributed by atoms with Gasteiger partial charge in [0.25, 0.3) is 5.56 Å². The largest absolute Gasteiger partial charge is 0.374 e. The predicted molar refractivity (Wildman–Crippen MR) is 89.2 cm³/mol. The average molecular weight is 324 g/mol. The highest BCUT2D eigenvalue weighted by Crippen LogP contribution is 2.31. The van der Waals surface area contributed by atoms with Crippen molar-refractivity contribution in [1.82, 2.24) is 9.78 Å². The van der Waals surface area contributed by atoms with Crippen LogP contribution in [0.15, 0.2) is 41.2 Å². The van der Waals surface area contributed by atoms with E-state index in [9.17, 15) is 4.79 Å². The Balaban J connectivity index is 2.32. The van der Waals surface area contributed by atoms with Gasteiger partial charge in [0.05, 0.1) is 24.5 Å². The Hall–Kier alpha value is -1.59. The molecule has 1 N–H and O–H groups in total. The van der Waals surface area contributed by atoms with Gasteiger partial charge in [-0.1, -0.05) is 37.6 Å². The van der Waals surface area contributed by atoms with Crippen LogP contribution in [0.4, 0.5) is 5.69 Å². The molecule has 0 saturated carbocycles. The van der Waals surface area contributed by atoms with Crippen LogP contribution < -0.4 is 10.9 Å². The molecule has 1 unspecified atom stereocenters. The monoisotopic (exact) mass is 323 g/mol. The molecule has 0 radical (unpaired) electrons. The topological polar surface area (TPSA) is 46.9 Å². The molecule has 2 aromatic rings. The lowest BCUT2D eigenvalue weighted by molar-refractivity contribution is 0.552. The summed E-state index contributed by atoms with van der Waals surface area (Å²) in [6.45, 7) is 8.19. The number of allylic oxidation sites excluding steroid dienone is 1. The zero-order valence-corrected chi connectivity index (χ0v) is 13.6. The molecule has 0 aliphatic heterocycles. The number of thiophene rings is 1. The van der Waals surface area contributed by atoms with Gasteiger partial charge in [0.1, 0.15) is 5.02 Å². The highest BCUT2D eigenvalue weighted by atomic mass is 35.5. The lowest BCUT2D eigenvalue weighted by atomic mass is 10.0. The number of hydrogen-bond acceptors (Lipinski definition) is 4. The number of hydrogen-bond donors (Lipinski definition) is 1. The second-order valence-electron chi connectivity index (χ2n) is 5.03. The van der Waals surface area contributed by atoms with Crippen molar-refractivity contribution in [3.63, 3.8) is 0 Å². The van der Waals surface area contributed by atoms with Crippen molar-refractivity contribution in [2.75, 3.05) is 5.32 Å². The summed E-state index contributed by atoms with van der Waals surface area (Å²) in [5, 5.41) is 9.65. The second kappa shape index (κ2) is 6.91. The molecular formula is C15H18ClN3OS. The van der Waals surface area contributed by atoms with E-state index in [0.717, 1.165) is 0 Å². The first-order valence-corrected chi connectivity index (χ1v) is 7.96. The zero-order chi connectivity index (χ0) is 15.4. The number of aromatic nitrogens is 2. The molecule has 0 spiro atoms. The van der Waals surface area contributed by atoms with Gasteiger partial charge in [-0.3, -0.25) is 4.79 Å². The summed E-state index contributed by atoms with van der Waals surface area (Å²) < 4.78 is 1.29. The molecule has 0 fully saturated rings. The number of halogens is 1. The van der Waals surface area contributed by atoms with Gasteiger partial charge in [-0.2, -0.15) is 5.10 Å². The summed E-state index contributed by atoms with van der Waals surface area (Å²) in [6, 6.07) is 4.18. The first-order chi connectivity index (χ1) is 10.0. The summed E-state index contributed by atoms with van der Waals surface area (Å²) in [6.07, 6.45) is 3.20. The highest BCUT2D eigenvalue weighted by Gasteiger charge is 2.19. The molecule has 0 aromatic carbocycles. The Kier molecular flexibility index (Phi) is 5.20. The van der Waals surface area contributed by atoms with Gasteiger partial charge in [0.2, 0.25) is 0 Å². The van der Waals surface area contributed by atoms with Crippen LogP contribution in [0, 0.1) is 5.92 Å². The van der Waals surface area contributed by atoms with Crippen LogP contribution in [0.3, 0.4) is 0 Å². The van der Waals surface area contributed by atoms with Crippen molar-refractivity contribution in [3.05, 3.63) is 56.6 Å². The Bertz CT molecular complexity index is 664. The Morgan fingerprint density at radius 3 is 2.90 bits per heavy atom. The van der Waals surface area contributed by atoms with E-state index in [0.29, 0.717) is 18.2 Å². The molecule has 2 rings (SSSR count). The summed E-state index contributed by atoms with van der Waals surface area (Å²) in [7, 11) is 0. The van der Waals surface area contributed by atoms with Gasteiger partial charge in [0, 0.05) is 4.88 Å². The first kappa shape index (κ1) is 15.8. The van der Waals surface area contributed by atoms with Crippen molar-refractivity contribution in [2.45, 2.75) is 26.4 Å². The fraction of sp³-hybridized carbons (Fsp3) is 0.333. The number of rotatable bonds is 6. The third-order valence-electron chi connectivity index (χ3n) is 3.11. The maximum atomic E-state index is 12.1. The smallest absolute Gasteiger partial charge is 0.287 e. The van der Waals surface area contributed by atoms with Crippen molar-refractivity contribution in [3.8, 4) is 0 Å². The standard InChI is InChI=1S/C15H18ClN3OS/c1-4-7-19-15(20)13(16)11(9-17-19)18-14(10(2)3)12-6-5-8-21-12/h4-6,8-10,14,18H,1,7H2,2-3H3. The van der Waals surface area contributed by atoms with Crippen LogP contribution in [0.2, 0.25) is 5.02 Å². The summed E-state index contributed by atoms with van der Waals surface area (Å²) in [5.74, 6) is 0.357. The minimum absolute atomic E-state index is 0.0963. The minimum atomic E-state index is -0.310. The van der Waals surface area contributed by atoms with E-state index < -0.39 is 0 Å². The molecule has 0 aliphatic rings. The summed E-state index contributed by atoms with van der Waals surface area (Å²) in [5.41, 5.74) is 0.254. The number of anilines is 1. The first-order valence-electron chi connectivity index (χ1n) is 6.71. The normalized spacial score (nSPS) is 12.4. The van der Waals surface area contributed by atoms with E-state index in [1.165, 1.54) is 9.56 Å². The third kappa shape index (κ3) is 3.54. The molecule has 2 heterocycles. The summed E-state index contributed by atoms with van der Waals surface area (Å²) >= 11 is 7.85. The predicted octanol–water partition coefficient (Wildman–Crippen LogP) is 3.95. The molecule has 4 nitrogen and oxygen atoms in total. The molecule has 0 bridgehead atoms. The molecule has 21 heavy (non-hydrogen) atoms. The quantitative estimate of drug-likeness (QED) is 0.819. The van der Waals surface area contributed by atoms with Crippen molar-refractivity contribution in [1.29, 1.82) is 0 Å². The Labute approximate surface area is 133 Å². The van der Waals surface area contributed by atoms with Crippen LogP contribution in [-0.2, 0) is 6.54 Å². The third-order valence-corrected chi connectivity index (χ3v) is 4.43. The van der Waals surface area contributed by atoms with E-state index >= 15 is 0 Å². The lowest BCUT2D eigenvalue weighted by Crippen LogP contribution is -2.25. The van der Waals surface area contributed by atoms with Crippen LogP contribution in [-0.4, -0.2) is 9.78 Å². The number of nitrogens with zero attached hydrogens (tertiary/aromatic N) is 2. The zero-order valence-electron chi connectivity index (χ0n) is 12.0. The average Bonchev–Trinajstić information content (AvgIpc) is 2.97. The van der Waals surface area contributed by atoms with E-state index in [2.05, 4.69) is 36.9 Å². The fourth-order valence-electron chi connectivity index (χ4n) is 2.02. The van der Waals surface area contributed by atoms with Gasteiger partial charge < -0.3 is 5.32 Å². The van der Waals surface area contributed by atoms with Crippen LogP contribution in [0.5, 0.6) is 0 Å². The molecule has 112 valence electrons. The van der Waals surface area contributed by atoms with Crippen LogP contribution in [0.25, 0.3) is 0 Å². The van der Waals surface area contributed by atoms with E-state index in [-0.39, 0.29) is 16.6 Å². The molecular weight excluding hydrogens is 306 g/mol. The summed E-state index contributed by atoms with van der Waals surface area (Å²) in [4.78, 5) is 13.3. The Morgan fingerprint density at radius 1 is 1.57 bits per heavy atom. The van der Waals surface area contributed by atoms with Gasteiger partial charge >= 0.3 is 0 Å². The van der Waals surface area contributed by atoms with Gasteiger partial charge in [-0.05, 0) is 17.4 Å². The van der Waals surface area contributed by atoms with Crippen LogP contribution >= 0.6 is 22.9 Å². The Morgan fingerprint density at radius 2 is 2.33 bits per heavy atom. The molecule has 2 aromatic heterocycles. The van der Waals surface area contributed by atoms with Gasteiger partial charge in [-0.15, -0.1) is 17.9 Å². The lowest BCUT2D eigenvalue weighted by Gasteiger charge is -2.23. The van der Waals surface area contributed by atoms with E-state index in [4.69, 9.17) is 11.6 Å². The molecule has 6 heteroatoms. The maximum absolute atomic E-state index is 12.1. The van der Waals surface area contributed by atoms with Crippen LogP contribution in [0.1, 0.15) is 24.8 Å². The molecule has 0 amide bonds. The second-order valence-corrected chi connectivity index (χ2v) is 6.39. The van der Waals surface area contributed by atoms with Crippen molar-refractivity contribution in [2.24, 2.45) is 5.92 Å². The molecule has 0 saturated heterocycles. The molecule has 1 atom stereocenters. The van der Waals surface area contributed by atoms with Crippen molar-refractivity contribution < 1.29 is 0 Å². The van der Waals surface area contributed by atoms with E-state index in [1.807, 2.05) is 11.4 Å². The van der Waals surface area contributed by atoms with Gasteiger partial charge in [-0.25, -0.2) is 4.68 Å². The van der Waals surface area contributed by atoms with E-state index in [1.54, 1.807) is 23.6 Å². The molecule has 0 aliphatic carbocycles. The highest BCUT2D eigenvalue weighted by molar-refractivity contribution is 7.10. The number of nitrogens with one attached hydrogen (secondary N) is 1. The minimum Gasteiger partial charge on any atom is -0.374 e. The maximum Gasteiger partial charge on any atom is 0.287 e.